The zero-order chi connectivity index (χ0) is 26.0. The van der Waals surface area contributed by atoms with Gasteiger partial charge in [0.05, 0.1) is 13.2 Å². The van der Waals surface area contributed by atoms with E-state index in [0.29, 0.717) is 5.75 Å². The van der Waals surface area contributed by atoms with Gasteiger partial charge in [-0.1, -0.05) is 30.3 Å². The summed E-state index contributed by atoms with van der Waals surface area (Å²) in [5, 5.41) is 65.5. The number of carbonyl (C=O) groups excluding carboxylic acids is 1. The van der Waals surface area contributed by atoms with E-state index in [-0.39, 0.29) is 0 Å². The highest BCUT2D eigenvalue weighted by atomic mass is 16.7. The SMILES string of the molecule is CC(=O)N[C@H]1[C@@H](O[C@@H]2[C@@H](Oc3ccc4ccccc4c3)O[C@H](CO)[C@@H](O)[C@@H]2O)O[C@H](CO)[C@@H](O)[C@@H]1O. The standard InChI is InChI=1S/C24H31NO11/c1-11(28)25-17-20(31)18(29)15(9-26)34-23(17)36-22-21(32)19(30)16(10-27)35-24(22)33-14-7-6-12-4-2-3-5-13(12)8-14/h2-8,15-24,26-27,29-32H,9-10H2,1H3,(H,25,28)/t15-,16-,17-,18-,19-,20-,21+,22+,23-,24+/m1/s1. The highest BCUT2D eigenvalue weighted by molar-refractivity contribution is 5.83. The monoisotopic (exact) mass is 509 g/mol. The van der Waals surface area contributed by atoms with Gasteiger partial charge in [-0.15, -0.1) is 0 Å². The minimum Gasteiger partial charge on any atom is -0.462 e. The van der Waals surface area contributed by atoms with E-state index in [1.165, 1.54) is 6.92 Å². The first-order valence-electron chi connectivity index (χ1n) is 11.6. The van der Waals surface area contributed by atoms with E-state index in [4.69, 9.17) is 18.9 Å². The Hall–Kier alpha value is -2.39. The first-order chi connectivity index (χ1) is 17.2. The summed E-state index contributed by atoms with van der Waals surface area (Å²) in [6.07, 6.45) is -13.0. The molecule has 0 unspecified atom stereocenters. The van der Waals surface area contributed by atoms with Crippen molar-refractivity contribution in [3.8, 4) is 5.75 Å². The first-order valence-corrected chi connectivity index (χ1v) is 11.6. The molecule has 0 radical (unpaired) electrons. The van der Waals surface area contributed by atoms with Gasteiger partial charge in [0.2, 0.25) is 12.2 Å². The minimum atomic E-state index is -1.64. The van der Waals surface area contributed by atoms with Crippen LogP contribution in [0.25, 0.3) is 10.8 Å². The number of aliphatic hydroxyl groups excluding tert-OH is 6. The molecule has 198 valence electrons. The summed E-state index contributed by atoms with van der Waals surface area (Å²) in [4.78, 5) is 11.7. The van der Waals surface area contributed by atoms with Crippen LogP contribution in [0.2, 0.25) is 0 Å². The van der Waals surface area contributed by atoms with E-state index >= 15 is 0 Å². The lowest BCUT2D eigenvalue weighted by Gasteiger charge is -2.47. The van der Waals surface area contributed by atoms with Crippen molar-refractivity contribution in [2.45, 2.75) is 68.3 Å². The lowest BCUT2D eigenvalue weighted by molar-refractivity contribution is -0.343. The highest BCUT2D eigenvalue weighted by Gasteiger charge is 2.51. The van der Waals surface area contributed by atoms with Crippen molar-refractivity contribution in [3.05, 3.63) is 42.5 Å². The maximum atomic E-state index is 11.7. The van der Waals surface area contributed by atoms with Gasteiger partial charge in [-0.05, 0) is 22.9 Å². The molecule has 0 aliphatic carbocycles. The van der Waals surface area contributed by atoms with E-state index in [1.807, 2.05) is 30.3 Å². The Morgan fingerprint density at radius 2 is 1.47 bits per heavy atom. The van der Waals surface area contributed by atoms with Gasteiger partial charge in [0, 0.05) is 6.92 Å². The van der Waals surface area contributed by atoms with Gasteiger partial charge in [-0.3, -0.25) is 4.79 Å². The predicted molar refractivity (Wildman–Crippen MR) is 123 cm³/mol. The zero-order valence-corrected chi connectivity index (χ0v) is 19.5. The summed E-state index contributed by atoms with van der Waals surface area (Å²) in [7, 11) is 0. The summed E-state index contributed by atoms with van der Waals surface area (Å²) in [5.74, 6) is -0.213. The summed E-state index contributed by atoms with van der Waals surface area (Å²) >= 11 is 0. The minimum absolute atomic E-state index is 0.347. The van der Waals surface area contributed by atoms with Crippen LogP contribution < -0.4 is 10.1 Å². The van der Waals surface area contributed by atoms with Crippen molar-refractivity contribution in [2.24, 2.45) is 0 Å². The Balaban J connectivity index is 1.62. The van der Waals surface area contributed by atoms with Gasteiger partial charge in [-0.2, -0.15) is 0 Å². The molecule has 0 bridgehead atoms. The Morgan fingerprint density at radius 3 is 2.11 bits per heavy atom. The number of amides is 1. The molecule has 2 heterocycles. The Morgan fingerprint density at radius 1 is 0.861 bits per heavy atom. The number of hydrogen-bond donors (Lipinski definition) is 7. The van der Waals surface area contributed by atoms with E-state index in [1.54, 1.807) is 12.1 Å². The molecule has 7 N–H and O–H groups in total. The van der Waals surface area contributed by atoms with E-state index in [0.717, 1.165) is 10.8 Å². The van der Waals surface area contributed by atoms with Crippen LogP contribution in [0, 0.1) is 0 Å². The topological polar surface area (TPSA) is 187 Å². The van der Waals surface area contributed by atoms with Crippen LogP contribution in [0.15, 0.2) is 42.5 Å². The van der Waals surface area contributed by atoms with Crippen LogP contribution in [-0.2, 0) is 19.0 Å². The molecule has 2 aliphatic heterocycles. The molecule has 2 saturated heterocycles. The van der Waals surface area contributed by atoms with E-state index in [9.17, 15) is 35.4 Å². The van der Waals surface area contributed by atoms with Gasteiger partial charge in [-0.25, -0.2) is 0 Å². The van der Waals surface area contributed by atoms with Crippen molar-refractivity contribution < 1.29 is 54.4 Å². The Kier molecular flexibility index (Phi) is 8.40. The molecule has 1 amide bonds. The summed E-state index contributed by atoms with van der Waals surface area (Å²) in [5.41, 5.74) is 0. The summed E-state index contributed by atoms with van der Waals surface area (Å²) < 4.78 is 23.1. The number of fused-ring (bicyclic) bond motifs is 1. The Bertz CT molecular complexity index is 1040. The number of ether oxygens (including phenoxy) is 4. The number of nitrogens with one attached hydrogen (secondary N) is 1. The van der Waals surface area contributed by atoms with Crippen LogP contribution in [0.5, 0.6) is 5.75 Å². The van der Waals surface area contributed by atoms with Crippen LogP contribution in [-0.4, -0.2) is 111 Å². The van der Waals surface area contributed by atoms with Crippen LogP contribution in [0.3, 0.4) is 0 Å². The number of aliphatic hydroxyl groups is 6. The second-order valence-electron chi connectivity index (χ2n) is 8.87. The number of benzene rings is 2. The normalized spacial score (nSPS) is 37.0. The average Bonchev–Trinajstić information content (AvgIpc) is 2.87. The third-order valence-electron chi connectivity index (χ3n) is 6.34. The lowest BCUT2D eigenvalue weighted by atomic mass is 9.95. The molecule has 12 heteroatoms. The molecule has 4 rings (SSSR count). The molecular formula is C24H31NO11. The van der Waals surface area contributed by atoms with E-state index < -0.39 is 80.5 Å². The van der Waals surface area contributed by atoms with Crippen molar-refractivity contribution in [2.75, 3.05) is 13.2 Å². The van der Waals surface area contributed by atoms with Crippen molar-refractivity contribution >= 4 is 16.7 Å². The van der Waals surface area contributed by atoms with Gasteiger partial charge in [0.15, 0.2) is 12.4 Å². The maximum Gasteiger partial charge on any atom is 0.229 e. The van der Waals surface area contributed by atoms with Crippen LogP contribution in [0.1, 0.15) is 6.92 Å². The van der Waals surface area contributed by atoms with E-state index in [2.05, 4.69) is 5.32 Å². The molecule has 2 fully saturated rings. The second-order valence-corrected chi connectivity index (χ2v) is 8.87. The molecule has 36 heavy (non-hydrogen) atoms. The fourth-order valence-corrected chi connectivity index (χ4v) is 4.41. The fraction of sp³-hybridized carbons (Fsp3) is 0.542. The smallest absolute Gasteiger partial charge is 0.229 e. The van der Waals surface area contributed by atoms with Crippen molar-refractivity contribution in [1.82, 2.24) is 5.32 Å². The van der Waals surface area contributed by atoms with Crippen molar-refractivity contribution in [1.29, 1.82) is 0 Å². The number of rotatable bonds is 7. The lowest BCUT2D eigenvalue weighted by Crippen LogP contribution is -2.68. The molecule has 12 nitrogen and oxygen atoms in total. The van der Waals surface area contributed by atoms with Gasteiger partial charge in [0.25, 0.3) is 0 Å². The molecular weight excluding hydrogens is 478 g/mol. The Labute approximate surface area is 206 Å². The van der Waals surface area contributed by atoms with Crippen LogP contribution >= 0.6 is 0 Å². The third-order valence-corrected chi connectivity index (χ3v) is 6.34. The molecule has 2 aromatic carbocycles. The molecule has 10 atom stereocenters. The van der Waals surface area contributed by atoms with Crippen LogP contribution in [0.4, 0.5) is 0 Å². The molecule has 0 spiro atoms. The zero-order valence-electron chi connectivity index (χ0n) is 19.5. The maximum absolute atomic E-state index is 11.7. The highest BCUT2D eigenvalue weighted by Crippen LogP contribution is 2.31. The molecule has 2 aliphatic rings. The third kappa shape index (κ3) is 5.47. The number of carbonyl (C=O) groups is 1. The summed E-state index contributed by atoms with van der Waals surface area (Å²) in [6, 6.07) is 11.5. The number of hydrogen-bond acceptors (Lipinski definition) is 11. The van der Waals surface area contributed by atoms with Gasteiger partial charge in [0.1, 0.15) is 48.4 Å². The van der Waals surface area contributed by atoms with Gasteiger partial charge >= 0.3 is 0 Å². The molecule has 0 saturated carbocycles. The first kappa shape index (κ1) is 26.7. The molecule has 2 aromatic rings. The largest absolute Gasteiger partial charge is 0.462 e. The fourth-order valence-electron chi connectivity index (χ4n) is 4.41. The average molecular weight is 510 g/mol. The second kappa shape index (κ2) is 11.3. The van der Waals surface area contributed by atoms with Gasteiger partial charge < -0.3 is 54.9 Å². The molecule has 0 aromatic heterocycles. The van der Waals surface area contributed by atoms with Crippen molar-refractivity contribution in [3.63, 3.8) is 0 Å². The quantitative estimate of drug-likeness (QED) is 0.218. The predicted octanol–water partition coefficient (Wildman–Crippen LogP) is -2.01. The summed E-state index contributed by atoms with van der Waals surface area (Å²) in [6.45, 7) is -0.0939.